The molecule has 2 unspecified atom stereocenters. The van der Waals surface area contributed by atoms with Gasteiger partial charge in [0.15, 0.2) is 0 Å². The van der Waals surface area contributed by atoms with Crippen molar-refractivity contribution in [1.29, 1.82) is 0 Å². The zero-order valence-corrected chi connectivity index (χ0v) is 19.0. The van der Waals surface area contributed by atoms with Gasteiger partial charge in [0, 0.05) is 10.9 Å². The van der Waals surface area contributed by atoms with Crippen LogP contribution in [0.1, 0.15) is 36.0 Å². The number of hydrogen-bond acceptors (Lipinski definition) is 4. The third-order valence-corrected chi connectivity index (χ3v) is 6.59. The second-order valence-electron chi connectivity index (χ2n) is 7.00. The summed E-state index contributed by atoms with van der Waals surface area (Å²) in [6.45, 7) is 1.63. The smallest absolute Gasteiger partial charge is 0.143 e. The molecule has 0 aliphatic carbocycles. The van der Waals surface area contributed by atoms with Crippen LogP contribution in [0.15, 0.2) is 25.5 Å². The average molecular weight is 489 g/mol. The number of fused-ring (bicyclic) bond motifs is 1. The van der Waals surface area contributed by atoms with Crippen LogP contribution >= 0.6 is 31.9 Å². The Morgan fingerprint density at radius 3 is 1.96 bits per heavy atom. The number of rotatable bonds is 3. The molecular formula is C17H18B4Br2O4. The lowest BCUT2D eigenvalue weighted by Gasteiger charge is -2.17. The van der Waals surface area contributed by atoms with Gasteiger partial charge in [-0.3, -0.25) is 0 Å². The van der Waals surface area contributed by atoms with Crippen molar-refractivity contribution in [1.82, 2.24) is 0 Å². The summed E-state index contributed by atoms with van der Waals surface area (Å²) in [6, 6.07) is 3.33. The van der Waals surface area contributed by atoms with Crippen molar-refractivity contribution < 1.29 is 19.7 Å². The summed E-state index contributed by atoms with van der Waals surface area (Å²) in [6.07, 6.45) is -1.89. The van der Waals surface area contributed by atoms with Crippen LogP contribution in [0.4, 0.5) is 0 Å². The molecule has 0 aliphatic rings. The van der Waals surface area contributed by atoms with Crippen LogP contribution in [-0.4, -0.2) is 46.7 Å². The van der Waals surface area contributed by atoms with Crippen molar-refractivity contribution in [2.75, 3.05) is 0 Å². The van der Waals surface area contributed by atoms with Gasteiger partial charge in [-0.05, 0) is 56.5 Å². The Kier molecular flexibility index (Phi) is 5.65. The first-order valence-electron chi connectivity index (χ1n) is 8.62. The molecule has 3 N–H and O–H groups in total. The van der Waals surface area contributed by atoms with Gasteiger partial charge in [-0.2, -0.15) is 0 Å². The Balaban J connectivity index is 2.38. The first kappa shape index (κ1) is 20.6. The van der Waals surface area contributed by atoms with Crippen molar-refractivity contribution in [3.8, 4) is 5.75 Å². The SMILES string of the molecule is Bc1c(B)c(B)c2c(C(O)c3cc(Br)c(O)c(Br)c3)c(C(C)O)oc2c1B. The number of aliphatic hydroxyl groups excluding tert-OH is 2. The van der Waals surface area contributed by atoms with Crippen LogP contribution in [0.3, 0.4) is 0 Å². The fraction of sp³-hybridized carbons (Fsp3) is 0.176. The summed E-state index contributed by atoms with van der Waals surface area (Å²) in [7, 11) is 8.09. The predicted octanol–water partition coefficient (Wildman–Crippen LogP) is -2.17. The highest BCUT2D eigenvalue weighted by Gasteiger charge is 2.28. The molecule has 27 heavy (non-hydrogen) atoms. The first-order chi connectivity index (χ1) is 12.6. The molecule has 0 fully saturated rings. The topological polar surface area (TPSA) is 73.8 Å². The molecule has 2 atom stereocenters. The number of aliphatic hydroxyl groups is 2. The Hall–Kier alpha value is -1.08. The molecule has 4 nitrogen and oxygen atoms in total. The van der Waals surface area contributed by atoms with Gasteiger partial charge < -0.3 is 19.7 Å². The molecule has 0 saturated heterocycles. The maximum Gasteiger partial charge on any atom is 0.143 e. The summed E-state index contributed by atoms with van der Waals surface area (Å²) in [5, 5.41) is 32.3. The van der Waals surface area contributed by atoms with Crippen LogP contribution in [0.5, 0.6) is 5.75 Å². The average Bonchev–Trinajstić information content (AvgIpc) is 3.02. The van der Waals surface area contributed by atoms with Crippen molar-refractivity contribution in [3.05, 3.63) is 38.0 Å². The van der Waals surface area contributed by atoms with Gasteiger partial charge >= 0.3 is 0 Å². The number of hydrogen-bond donors (Lipinski definition) is 3. The van der Waals surface area contributed by atoms with E-state index < -0.39 is 12.2 Å². The zero-order valence-electron chi connectivity index (χ0n) is 15.8. The third-order valence-electron chi connectivity index (χ3n) is 5.38. The predicted molar refractivity (Wildman–Crippen MR) is 127 cm³/mol. The molecular weight excluding hydrogens is 471 g/mol. The monoisotopic (exact) mass is 488 g/mol. The lowest BCUT2D eigenvalue weighted by Crippen LogP contribution is -2.47. The van der Waals surface area contributed by atoms with E-state index in [1.807, 2.05) is 23.5 Å². The second kappa shape index (κ2) is 7.39. The highest BCUT2D eigenvalue weighted by atomic mass is 79.9. The van der Waals surface area contributed by atoms with Gasteiger partial charge in [0.1, 0.15) is 60.7 Å². The summed E-state index contributed by atoms with van der Waals surface area (Å²) in [4.78, 5) is 0. The quantitative estimate of drug-likeness (QED) is 0.367. The number of furan rings is 1. The van der Waals surface area contributed by atoms with Crippen molar-refractivity contribution in [2.24, 2.45) is 0 Å². The van der Waals surface area contributed by atoms with E-state index in [-0.39, 0.29) is 5.75 Å². The van der Waals surface area contributed by atoms with Crippen LogP contribution in [0.25, 0.3) is 11.0 Å². The number of aromatic hydroxyl groups is 1. The molecule has 1 heterocycles. The van der Waals surface area contributed by atoms with E-state index in [1.54, 1.807) is 19.1 Å². The van der Waals surface area contributed by atoms with Crippen molar-refractivity contribution in [2.45, 2.75) is 19.1 Å². The van der Waals surface area contributed by atoms with Gasteiger partial charge in [0.05, 0.1) is 8.95 Å². The molecule has 0 saturated carbocycles. The van der Waals surface area contributed by atoms with E-state index in [9.17, 15) is 15.3 Å². The summed E-state index contributed by atoms with van der Waals surface area (Å²) in [5.41, 5.74) is 6.13. The maximum absolute atomic E-state index is 11.2. The minimum Gasteiger partial charge on any atom is -0.506 e. The van der Waals surface area contributed by atoms with E-state index in [0.717, 1.165) is 27.2 Å². The largest absolute Gasteiger partial charge is 0.506 e. The molecule has 3 aromatic rings. The van der Waals surface area contributed by atoms with Gasteiger partial charge in [-0.25, -0.2) is 0 Å². The molecule has 0 bridgehead atoms. The lowest BCUT2D eigenvalue weighted by molar-refractivity contribution is 0.160. The molecule has 0 spiro atoms. The van der Waals surface area contributed by atoms with Crippen molar-refractivity contribution >= 4 is 96.1 Å². The number of benzene rings is 2. The molecule has 0 radical (unpaired) electrons. The standard InChI is InChI=1S/C17H18B4Br2O4/c1-4(24)16-9(14(25)5-2-6(22)15(26)7(23)3-5)8-10(18)11(19)12(20)13(21)17(8)27-16/h2-4,14,24-26H,18-21H2,1H3. The fourth-order valence-corrected chi connectivity index (χ4v) is 4.73. The molecule has 0 aliphatic heterocycles. The van der Waals surface area contributed by atoms with Gasteiger partial charge in [-0.15, -0.1) is 5.46 Å². The number of phenolic OH excluding ortho intramolecular Hbond substituents is 1. The minimum atomic E-state index is -1.02. The van der Waals surface area contributed by atoms with E-state index in [4.69, 9.17) is 4.42 Å². The van der Waals surface area contributed by atoms with Crippen LogP contribution in [-0.2, 0) is 0 Å². The van der Waals surface area contributed by atoms with Gasteiger partial charge in [-0.1, -0.05) is 16.4 Å². The Bertz CT molecular complexity index is 1040. The van der Waals surface area contributed by atoms with E-state index in [2.05, 4.69) is 39.7 Å². The fourth-order valence-electron chi connectivity index (χ4n) is 3.51. The minimum absolute atomic E-state index is 0.0669. The second-order valence-corrected chi connectivity index (χ2v) is 8.70. The van der Waals surface area contributed by atoms with Gasteiger partial charge in [0.2, 0.25) is 0 Å². The molecule has 3 rings (SSSR count). The van der Waals surface area contributed by atoms with Crippen LogP contribution < -0.4 is 21.9 Å². The summed E-state index contributed by atoms with van der Waals surface area (Å²) >= 11 is 6.62. The normalized spacial score (nSPS) is 13.8. The van der Waals surface area contributed by atoms with Crippen LogP contribution in [0, 0.1) is 0 Å². The highest BCUT2D eigenvalue weighted by Crippen LogP contribution is 2.40. The molecule has 1 aromatic heterocycles. The zero-order chi connectivity index (χ0) is 20.2. The highest BCUT2D eigenvalue weighted by molar-refractivity contribution is 9.11. The van der Waals surface area contributed by atoms with Gasteiger partial charge in [0.25, 0.3) is 0 Å². The third kappa shape index (κ3) is 3.31. The number of halogens is 2. The summed E-state index contributed by atoms with van der Waals surface area (Å²) < 4.78 is 6.99. The Morgan fingerprint density at radius 2 is 1.44 bits per heavy atom. The van der Waals surface area contributed by atoms with Crippen LogP contribution in [0.2, 0.25) is 0 Å². The molecule has 2 aromatic carbocycles. The van der Waals surface area contributed by atoms with E-state index >= 15 is 0 Å². The maximum atomic E-state index is 11.2. The lowest BCUT2D eigenvalue weighted by atomic mass is 9.65. The van der Waals surface area contributed by atoms with E-state index in [0.29, 0.717) is 31.4 Å². The molecule has 136 valence electrons. The van der Waals surface area contributed by atoms with E-state index in [1.165, 1.54) is 0 Å². The summed E-state index contributed by atoms with van der Waals surface area (Å²) in [5.74, 6) is 0.422. The first-order valence-corrected chi connectivity index (χ1v) is 10.2. The number of phenols is 1. The Labute approximate surface area is 178 Å². The molecule has 10 heteroatoms. The molecule has 0 amide bonds. The Morgan fingerprint density at radius 1 is 0.926 bits per heavy atom. The van der Waals surface area contributed by atoms with Crippen molar-refractivity contribution in [3.63, 3.8) is 0 Å².